The van der Waals surface area contributed by atoms with Gasteiger partial charge in [0.15, 0.2) is 5.78 Å². The molecule has 0 radical (unpaired) electrons. The molecule has 3 aromatic rings. The van der Waals surface area contributed by atoms with Crippen LogP contribution in [0.1, 0.15) is 55.1 Å². The number of hydrogen-bond donors (Lipinski definition) is 0. The third-order valence-electron chi connectivity index (χ3n) is 5.53. The van der Waals surface area contributed by atoms with Crippen LogP contribution in [0.5, 0.6) is 11.5 Å². The van der Waals surface area contributed by atoms with Gasteiger partial charge in [0.05, 0.1) is 17.7 Å². The molecule has 4 heteroatoms. The van der Waals surface area contributed by atoms with E-state index in [4.69, 9.17) is 9.47 Å². The van der Waals surface area contributed by atoms with Crippen LogP contribution >= 0.6 is 0 Å². The largest absolute Gasteiger partial charge is 0.493 e. The van der Waals surface area contributed by atoms with E-state index in [0.29, 0.717) is 17.9 Å². The van der Waals surface area contributed by atoms with Gasteiger partial charge in [0, 0.05) is 24.1 Å². The van der Waals surface area contributed by atoms with E-state index in [2.05, 4.69) is 29.7 Å². The fourth-order valence-electron chi connectivity index (χ4n) is 3.74. The summed E-state index contributed by atoms with van der Waals surface area (Å²) in [6.07, 6.45) is 11.6. The Bertz CT molecular complexity index is 1180. The van der Waals surface area contributed by atoms with Crippen molar-refractivity contribution in [2.45, 2.75) is 39.2 Å². The van der Waals surface area contributed by atoms with Gasteiger partial charge in [-0.1, -0.05) is 25.5 Å². The number of allylic oxidation sites excluding steroid dienone is 1. The quantitative estimate of drug-likeness (QED) is 0.253. The molecule has 0 atom stereocenters. The van der Waals surface area contributed by atoms with E-state index in [1.165, 1.54) is 5.52 Å². The van der Waals surface area contributed by atoms with E-state index in [1.807, 2.05) is 63.5 Å². The van der Waals surface area contributed by atoms with E-state index < -0.39 is 5.60 Å². The molecule has 0 fully saturated rings. The summed E-state index contributed by atoms with van der Waals surface area (Å²) < 4.78 is 14.2. The van der Waals surface area contributed by atoms with Crippen LogP contribution in [0, 0.1) is 0 Å². The Morgan fingerprint density at radius 1 is 1.19 bits per heavy atom. The van der Waals surface area contributed by atoms with Crippen LogP contribution in [0.2, 0.25) is 0 Å². The number of carbonyl (C=O) groups excluding carboxylic acids is 1. The topological polar surface area (TPSA) is 40.5 Å². The summed E-state index contributed by atoms with van der Waals surface area (Å²) in [7, 11) is 2.02. The Morgan fingerprint density at radius 2 is 2.03 bits per heavy atom. The highest BCUT2D eigenvalue weighted by Gasteiger charge is 2.27. The van der Waals surface area contributed by atoms with Crippen LogP contribution in [-0.2, 0) is 7.05 Å². The SMILES string of the molecule is CCCCOc1ccc(C(=O)/C=C/c2ccc3c(ccn3C)c2)c2c1C=CC(C)(C)O2. The van der Waals surface area contributed by atoms with Crippen molar-refractivity contribution >= 4 is 28.8 Å². The standard InChI is InChI=1S/C27H29NO3/c1-5-6-17-30-25-12-9-21(26-22(25)13-15-27(2,3)31-26)24(29)11-8-19-7-10-23-20(18-19)14-16-28(23)4/h7-16,18H,5-6,17H2,1-4H3/b11-8+. The molecule has 1 aliphatic rings. The first-order valence-electron chi connectivity index (χ1n) is 10.8. The normalized spacial score (nSPS) is 14.6. The van der Waals surface area contributed by atoms with Gasteiger partial charge in [-0.2, -0.15) is 0 Å². The number of aryl methyl sites for hydroxylation is 1. The van der Waals surface area contributed by atoms with Gasteiger partial charge in [-0.15, -0.1) is 0 Å². The van der Waals surface area contributed by atoms with Crippen molar-refractivity contribution in [2.24, 2.45) is 7.05 Å². The predicted molar refractivity (Wildman–Crippen MR) is 127 cm³/mol. The average molecular weight is 416 g/mol. The van der Waals surface area contributed by atoms with Crippen LogP contribution in [0.4, 0.5) is 0 Å². The number of ether oxygens (including phenoxy) is 2. The number of fused-ring (bicyclic) bond motifs is 2. The molecule has 0 aliphatic carbocycles. The number of unbranched alkanes of at least 4 members (excludes halogenated alkanes) is 1. The van der Waals surface area contributed by atoms with E-state index in [9.17, 15) is 4.79 Å². The molecule has 0 amide bonds. The predicted octanol–water partition coefficient (Wildman–Crippen LogP) is 6.44. The number of aromatic nitrogens is 1. The second kappa shape index (κ2) is 8.46. The lowest BCUT2D eigenvalue weighted by molar-refractivity contribution is 0.103. The maximum Gasteiger partial charge on any atom is 0.189 e. The maximum atomic E-state index is 13.1. The second-order valence-corrected chi connectivity index (χ2v) is 8.54. The summed E-state index contributed by atoms with van der Waals surface area (Å²) in [4.78, 5) is 13.1. The third-order valence-corrected chi connectivity index (χ3v) is 5.53. The van der Waals surface area contributed by atoms with Crippen LogP contribution < -0.4 is 9.47 Å². The Morgan fingerprint density at radius 3 is 2.84 bits per heavy atom. The molecule has 0 saturated carbocycles. The lowest BCUT2D eigenvalue weighted by Gasteiger charge is -2.30. The summed E-state index contributed by atoms with van der Waals surface area (Å²) in [6.45, 7) is 6.75. The summed E-state index contributed by atoms with van der Waals surface area (Å²) >= 11 is 0. The Balaban J connectivity index is 1.63. The molecule has 1 aromatic heterocycles. The third kappa shape index (κ3) is 4.43. The van der Waals surface area contributed by atoms with E-state index in [0.717, 1.165) is 35.1 Å². The number of carbonyl (C=O) groups is 1. The second-order valence-electron chi connectivity index (χ2n) is 8.54. The smallest absolute Gasteiger partial charge is 0.189 e. The van der Waals surface area contributed by atoms with E-state index in [-0.39, 0.29) is 5.78 Å². The number of hydrogen-bond acceptors (Lipinski definition) is 3. The van der Waals surface area contributed by atoms with E-state index in [1.54, 1.807) is 6.08 Å². The summed E-state index contributed by atoms with van der Waals surface area (Å²) in [5.41, 5.74) is 3.06. The Labute approximate surface area is 183 Å². The fourth-order valence-corrected chi connectivity index (χ4v) is 3.74. The molecule has 0 unspecified atom stereocenters. The first kappa shape index (κ1) is 21.0. The van der Waals surface area contributed by atoms with Gasteiger partial charge in [0.25, 0.3) is 0 Å². The van der Waals surface area contributed by atoms with Crippen molar-refractivity contribution in [2.75, 3.05) is 6.61 Å². The van der Waals surface area contributed by atoms with Crippen molar-refractivity contribution in [3.05, 3.63) is 71.4 Å². The van der Waals surface area contributed by atoms with Gasteiger partial charge in [0.2, 0.25) is 0 Å². The molecule has 31 heavy (non-hydrogen) atoms. The van der Waals surface area contributed by atoms with Crippen LogP contribution in [-0.4, -0.2) is 22.6 Å². The van der Waals surface area contributed by atoms with Gasteiger partial charge < -0.3 is 14.0 Å². The molecule has 4 rings (SSSR count). The van der Waals surface area contributed by atoms with Gasteiger partial charge in [0.1, 0.15) is 17.1 Å². The molecule has 0 N–H and O–H groups in total. The fraction of sp³-hybridized carbons (Fsp3) is 0.296. The van der Waals surface area contributed by atoms with Crippen LogP contribution in [0.15, 0.2) is 54.7 Å². The average Bonchev–Trinajstić information content (AvgIpc) is 3.11. The molecule has 0 saturated heterocycles. The van der Waals surface area contributed by atoms with Gasteiger partial charge >= 0.3 is 0 Å². The van der Waals surface area contributed by atoms with Crippen molar-refractivity contribution < 1.29 is 14.3 Å². The molecule has 1 aliphatic heterocycles. The highest BCUT2D eigenvalue weighted by atomic mass is 16.5. The van der Waals surface area contributed by atoms with Crippen LogP contribution in [0.3, 0.4) is 0 Å². The Hall–Kier alpha value is -3.27. The number of nitrogens with zero attached hydrogens (tertiary/aromatic N) is 1. The zero-order chi connectivity index (χ0) is 22.0. The molecule has 4 nitrogen and oxygen atoms in total. The van der Waals surface area contributed by atoms with Gasteiger partial charge in [-0.3, -0.25) is 4.79 Å². The van der Waals surface area contributed by atoms with E-state index >= 15 is 0 Å². The highest BCUT2D eigenvalue weighted by Crippen LogP contribution is 2.40. The van der Waals surface area contributed by atoms with Crippen molar-refractivity contribution in [1.82, 2.24) is 4.57 Å². The lowest BCUT2D eigenvalue weighted by Crippen LogP contribution is -2.28. The number of ketones is 1. The lowest BCUT2D eigenvalue weighted by atomic mass is 9.97. The van der Waals surface area contributed by atoms with Crippen molar-refractivity contribution in [3.63, 3.8) is 0 Å². The van der Waals surface area contributed by atoms with Crippen LogP contribution in [0.25, 0.3) is 23.1 Å². The monoisotopic (exact) mass is 415 g/mol. The molecule has 0 bridgehead atoms. The Kier molecular flexibility index (Phi) is 5.73. The minimum absolute atomic E-state index is 0.0874. The van der Waals surface area contributed by atoms with Gasteiger partial charge in [-0.05, 0) is 74.4 Å². The number of rotatable bonds is 7. The molecule has 160 valence electrons. The van der Waals surface area contributed by atoms with Crippen molar-refractivity contribution in [3.8, 4) is 11.5 Å². The number of benzene rings is 2. The summed E-state index contributed by atoms with van der Waals surface area (Å²) in [5.74, 6) is 1.26. The summed E-state index contributed by atoms with van der Waals surface area (Å²) in [6, 6.07) is 11.9. The van der Waals surface area contributed by atoms with Gasteiger partial charge in [-0.25, -0.2) is 0 Å². The first-order chi connectivity index (χ1) is 14.9. The zero-order valence-electron chi connectivity index (χ0n) is 18.6. The molecule has 2 aromatic carbocycles. The van der Waals surface area contributed by atoms with Crippen molar-refractivity contribution in [1.29, 1.82) is 0 Å². The minimum Gasteiger partial charge on any atom is -0.493 e. The molecular formula is C27H29NO3. The highest BCUT2D eigenvalue weighted by molar-refractivity contribution is 6.09. The first-order valence-corrected chi connectivity index (χ1v) is 10.8. The minimum atomic E-state index is -0.480. The molecule has 0 spiro atoms. The maximum absolute atomic E-state index is 13.1. The molecular weight excluding hydrogens is 386 g/mol. The molecule has 2 heterocycles. The zero-order valence-corrected chi connectivity index (χ0v) is 18.6. The summed E-state index contributed by atoms with van der Waals surface area (Å²) in [5, 5.41) is 1.15.